The normalized spacial score (nSPS) is 10.5. The Morgan fingerprint density at radius 3 is 2.47 bits per heavy atom. The van der Waals surface area contributed by atoms with Gasteiger partial charge in [0.15, 0.2) is 12.4 Å². The quantitative estimate of drug-likeness (QED) is 0.343. The second-order valence-electron chi connectivity index (χ2n) is 7.24. The third-order valence-corrected chi connectivity index (χ3v) is 5.05. The van der Waals surface area contributed by atoms with Gasteiger partial charge in [-0.2, -0.15) is 5.10 Å². The standard InChI is InChI=1S/C24H23N5O2S/c1-17-7-11-20(12-8-17)26-22(30)16-31-21-13-9-18(10-14-21)15-25-29-23(27-28-24(29)32)19-5-3-2-4-6-19/h2-14,25H,15-16H2,1H3,(H,26,30)(H,28,32). The van der Waals surface area contributed by atoms with E-state index in [9.17, 15) is 4.79 Å². The number of H-pyrrole nitrogens is 1. The molecule has 0 aliphatic rings. The summed E-state index contributed by atoms with van der Waals surface area (Å²) in [5, 5.41) is 9.95. The average Bonchev–Trinajstić information content (AvgIpc) is 3.19. The van der Waals surface area contributed by atoms with Crippen molar-refractivity contribution in [2.24, 2.45) is 0 Å². The molecule has 162 valence electrons. The van der Waals surface area contributed by atoms with Gasteiger partial charge < -0.3 is 15.5 Å². The first-order valence-electron chi connectivity index (χ1n) is 10.1. The van der Waals surface area contributed by atoms with Gasteiger partial charge in [0.2, 0.25) is 4.77 Å². The molecule has 0 aliphatic carbocycles. The van der Waals surface area contributed by atoms with Gasteiger partial charge in [0.05, 0.1) is 6.54 Å². The molecule has 4 aromatic rings. The predicted octanol–water partition coefficient (Wildman–Crippen LogP) is 4.68. The molecule has 0 atom stereocenters. The topological polar surface area (TPSA) is 84.0 Å². The molecule has 0 unspecified atom stereocenters. The maximum Gasteiger partial charge on any atom is 0.262 e. The van der Waals surface area contributed by atoms with Gasteiger partial charge >= 0.3 is 0 Å². The number of carbonyl (C=O) groups is 1. The van der Waals surface area contributed by atoms with Gasteiger partial charge in [-0.1, -0.05) is 60.2 Å². The van der Waals surface area contributed by atoms with Crippen LogP contribution in [-0.4, -0.2) is 27.4 Å². The van der Waals surface area contributed by atoms with E-state index in [1.807, 2.05) is 85.8 Å². The van der Waals surface area contributed by atoms with E-state index in [0.29, 0.717) is 17.1 Å². The zero-order valence-electron chi connectivity index (χ0n) is 17.5. The largest absolute Gasteiger partial charge is 0.484 e. The molecule has 4 rings (SSSR count). The first-order chi connectivity index (χ1) is 15.6. The zero-order chi connectivity index (χ0) is 22.3. The number of benzene rings is 3. The Bertz CT molecular complexity index is 1230. The summed E-state index contributed by atoms with van der Waals surface area (Å²) in [5.74, 6) is 1.13. The van der Waals surface area contributed by atoms with E-state index in [4.69, 9.17) is 17.0 Å². The first kappa shape index (κ1) is 21.3. The fraction of sp³-hybridized carbons (Fsp3) is 0.125. The van der Waals surface area contributed by atoms with Crippen molar-refractivity contribution in [2.45, 2.75) is 13.5 Å². The lowest BCUT2D eigenvalue weighted by Gasteiger charge is -2.11. The number of aryl methyl sites for hydroxylation is 1. The number of carbonyl (C=O) groups excluding carboxylic acids is 1. The minimum absolute atomic E-state index is 0.0594. The maximum absolute atomic E-state index is 12.1. The van der Waals surface area contributed by atoms with E-state index in [-0.39, 0.29) is 12.5 Å². The van der Waals surface area contributed by atoms with Gasteiger partial charge in [-0.05, 0) is 49.0 Å². The van der Waals surface area contributed by atoms with Crippen LogP contribution in [0.25, 0.3) is 11.4 Å². The number of hydrogen-bond donors (Lipinski definition) is 3. The molecule has 0 saturated heterocycles. The molecular formula is C24H23N5O2S. The molecule has 0 bridgehead atoms. The van der Waals surface area contributed by atoms with E-state index < -0.39 is 0 Å². The molecule has 0 radical (unpaired) electrons. The highest BCUT2D eigenvalue weighted by atomic mass is 32.1. The van der Waals surface area contributed by atoms with Crippen LogP contribution in [0.5, 0.6) is 5.75 Å². The second-order valence-corrected chi connectivity index (χ2v) is 7.62. The lowest BCUT2D eigenvalue weighted by molar-refractivity contribution is -0.118. The van der Waals surface area contributed by atoms with E-state index in [2.05, 4.69) is 20.9 Å². The fourth-order valence-electron chi connectivity index (χ4n) is 3.08. The van der Waals surface area contributed by atoms with Gasteiger partial charge in [0.1, 0.15) is 5.75 Å². The minimum atomic E-state index is -0.206. The molecule has 3 aromatic carbocycles. The van der Waals surface area contributed by atoms with E-state index in [1.54, 1.807) is 4.68 Å². The van der Waals surface area contributed by atoms with Crippen molar-refractivity contribution >= 4 is 23.8 Å². The van der Waals surface area contributed by atoms with Crippen LogP contribution in [0.4, 0.5) is 5.69 Å². The van der Waals surface area contributed by atoms with Crippen molar-refractivity contribution in [1.82, 2.24) is 14.9 Å². The van der Waals surface area contributed by atoms with Crippen molar-refractivity contribution in [3.8, 4) is 17.1 Å². The third kappa shape index (κ3) is 5.41. The number of amides is 1. The third-order valence-electron chi connectivity index (χ3n) is 4.77. The van der Waals surface area contributed by atoms with Gasteiger partial charge in [-0.25, -0.2) is 9.77 Å². The molecule has 3 N–H and O–H groups in total. The lowest BCUT2D eigenvalue weighted by Crippen LogP contribution is -2.20. The van der Waals surface area contributed by atoms with Crippen LogP contribution in [0.1, 0.15) is 11.1 Å². The summed E-state index contributed by atoms with van der Waals surface area (Å²) in [6.07, 6.45) is 0. The monoisotopic (exact) mass is 445 g/mol. The number of anilines is 1. The number of nitrogens with one attached hydrogen (secondary N) is 3. The number of aromatic nitrogens is 3. The number of hydrogen-bond acceptors (Lipinski definition) is 5. The summed E-state index contributed by atoms with van der Waals surface area (Å²) in [5.41, 5.74) is 7.17. The van der Waals surface area contributed by atoms with E-state index in [0.717, 1.165) is 28.2 Å². The molecule has 7 nitrogen and oxygen atoms in total. The molecular weight excluding hydrogens is 422 g/mol. The molecule has 32 heavy (non-hydrogen) atoms. The molecule has 1 aromatic heterocycles. The lowest BCUT2D eigenvalue weighted by atomic mass is 10.2. The van der Waals surface area contributed by atoms with Crippen molar-refractivity contribution in [2.75, 3.05) is 17.3 Å². The minimum Gasteiger partial charge on any atom is -0.484 e. The van der Waals surface area contributed by atoms with Crippen LogP contribution < -0.4 is 15.5 Å². The van der Waals surface area contributed by atoms with E-state index >= 15 is 0 Å². The highest BCUT2D eigenvalue weighted by molar-refractivity contribution is 7.71. The Balaban J connectivity index is 1.31. The number of aromatic amines is 1. The van der Waals surface area contributed by atoms with Crippen molar-refractivity contribution in [3.05, 3.63) is 94.8 Å². The summed E-state index contributed by atoms with van der Waals surface area (Å²) in [6, 6.07) is 25.0. The van der Waals surface area contributed by atoms with Crippen molar-refractivity contribution in [1.29, 1.82) is 0 Å². The van der Waals surface area contributed by atoms with E-state index in [1.165, 1.54) is 0 Å². The SMILES string of the molecule is Cc1ccc(NC(=O)COc2ccc(CNn3c(-c4ccccc4)n[nH]c3=S)cc2)cc1. The van der Waals surface area contributed by atoms with Crippen LogP contribution in [0.2, 0.25) is 0 Å². The summed E-state index contributed by atoms with van der Waals surface area (Å²) >= 11 is 5.35. The summed E-state index contributed by atoms with van der Waals surface area (Å²) in [4.78, 5) is 12.1. The van der Waals surface area contributed by atoms with Crippen LogP contribution in [0, 0.1) is 11.7 Å². The van der Waals surface area contributed by atoms with Crippen molar-refractivity contribution in [3.63, 3.8) is 0 Å². The number of nitrogens with zero attached hydrogens (tertiary/aromatic N) is 2. The highest BCUT2D eigenvalue weighted by Gasteiger charge is 2.08. The Morgan fingerprint density at radius 2 is 1.75 bits per heavy atom. The van der Waals surface area contributed by atoms with Crippen LogP contribution in [-0.2, 0) is 11.3 Å². The Morgan fingerprint density at radius 1 is 1.03 bits per heavy atom. The average molecular weight is 446 g/mol. The molecule has 0 spiro atoms. The van der Waals surface area contributed by atoms with Crippen LogP contribution in [0.15, 0.2) is 78.9 Å². The molecule has 8 heteroatoms. The summed E-state index contributed by atoms with van der Waals surface area (Å²) in [7, 11) is 0. The Kier molecular flexibility index (Phi) is 6.62. The number of ether oxygens (including phenoxy) is 1. The molecule has 1 amide bonds. The van der Waals surface area contributed by atoms with Gasteiger partial charge in [-0.15, -0.1) is 0 Å². The summed E-state index contributed by atoms with van der Waals surface area (Å²) < 4.78 is 7.84. The van der Waals surface area contributed by atoms with Crippen LogP contribution in [0.3, 0.4) is 0 Å². The second kappa shape index (κ2) is 9.93. The van der Waals surface area contributed by atoms with Gasteiger partial charge in [-0.3, -0.25) is 4.79 Å². The molecule has 0 saturated carbocycles. The first-order valence-corrected chi connectivity index (χ1v) is 10.5. The maximum atomic E-state index is 12.1. The van der Waals surface area contributed by atoms with Gasteiger partial charge in [0, 0.05) is 11.3 Å². The van der Waals surface area contributed by atoms with Gasteiger partial charge in [0.25, 0.3) is 5.91 Å². The molecule has 0 fully saturated rings. The van der Waals surface area contributed by atoms with Crippen LogP contribution >= 0.6 is 12.2 Å². The van der Waals surface area contributed by atoms with Crippen molar-refractivity contribution < 1.29 is 9.53 Å². The molecule has 1 heterocycles. The summed E-state index contributed by atoms with van der Waals surface area (Å²) in [6.45, 7) is 2.48. The molecule has 0 aliphatic heterocycles. The predicted molar refractivity (Wildman–Crippen MR) is 128 cm³/mol. The number of rotatable bonds is 8. The Labute approximate surface area is 191 Å². The fourth-order valence-corrected chi connectivity index (χ4v) is 3.28. The smallest absolute Gasteiger partial charge is 0.262 e. The highest BCUT2D eigenvalue weighted by Crippen LogP contribution is 2.17. The zero-order valence-corrected chi connectivity index (χ0v) is 18.4. The Hall–Kier alpha value is -3.91.